The van der Waals surface area contributed by atoms with E-state index in [1.54, 1.807) is 0 Å². The molecule has 0 saturated carbocycles. The van der Waals surface area contributed by atoms with Crippen LogP contribution >= 0.6 is 0 Å². The van der Waals surface area contributed by atoms with Gasteiger partial charge in [0.25, 0.3) is 0 Å². The van der Waals surface area contributed by atoms with Crippen molar-refractivity contribution >= 4 is 0 Å². The van der Waals surface area contributed by atoms with Gasteiger partial charge in [0.1, 0.15) is 5.75 Å². The number of aliphatic hydroxyl groups excluding tert-OH is 1. The molecule has 0 fully saturated rings. The molecular weight excluding hydrogens is 248 g/mol. The van der Waals surface area contributed by atoms with Gasteiger partial charge in [0.2, 0.25) is 0 Å². The summed E-state index contributed by atoms with van der Waals surface area (Å²) in [5, 5.41) is 10.5. The van der Waals surface area contributed by atoms with Gasteiger partial charge in [-0.2, -0.15) is 0 Å². The third kappa shape index (κ3) is 2.56. The van der Waals surface area contributed by atoms with Crippen LogP contribution in [0.5, 0.6) is 5.75 Å². The zero-order valence-corrected chi connectivity index (χ0v) is 12.0. The van der Waals surface area contributed by atoms with E-state index in [2.05, 4.69) is 38.1 Å². The smallest absolute Gasteiger partial charge is 0.122 e. The van der Waals surface area contributed by atoms with E-state index in [-0.39, 0.29) is 0 Å². The highest BCUT2D eigenvalue weighted by Crippen LogP contribution is 2.29. The highest BCUT2D eigenvalue weighted by Gasteiger charge is 2.16. The van der Waals surface area contributed by atoms with Crippen molar-refractivity contribution in [3.05, 3.63) is 64.2 Å². The molecule has 0 bridgehead atoms. The summed E-state index contributed by atoms with van der Waals surface area (Å²) in [7, 11) is 0. The Morgan fingerprint density at radius 3 is 2.85 bits per heavy atom. The molecule has 1 aliphatic rings. The lowest BCUT2D eigenvalue weighted by Crippen LogP contribution is -2.04. The normalized spacial score (nSPS) is 14.8. The van der Waals surface area contributed by atoms with Crippen molar-refractivity contribution in [3.8, 4) is 5.75 Å². The summed E-state index contributed by atoms with van der Waals surface area (Å²) >= 11 is 0. The van der Waals surface area contributed by atoms with Crippen molar-refractivity contribution in [1.82, 2.24) is 0 Å². The Morgan fingerprint density at radius 2 is 2.00 bits per heavy atom. The van der Waals surface area contributed by atoms with Crippen LogP contribution in [0, 0.1) is 13.8 Å². The zero-order valence-electron chi connectivity index (χ0n) is 12.0. The van der Waals surface area contributed by atoms with Gasteiger partial charge in [-0.1, -0.05) is 29.8 Å². The minimum atomic E-state index is -0.457. The maximum absolute atomic E-state index is 10.5. The van der Waals surface area contributed by atoms with E-state index in [0.717, 1.165) is 24.3 Å². The van der Waals surface area contributed by atoms with Crippen LogP contribution in [0.1, 0.15) is 33.9 Å². The molecular formula is C18H20O2. The fourth-order valence-corrected chi connectivity index (χ4v) is 2.76. The molecule has 2 heteroatoms. The summed E-state index contributed by atoms with van der Waals surface area (Å²) in [4.78, 5) is 0. The van der Waals surface area contributed by atoms with Crippen LogP contribution in [-0.2, 0) is 12.8 Å². The Balaban J connectivity index is 1.82. The molecule has 0 radical (unpaired) electrons. The molecule has 2 nitrogen and oxygen atoms in total. The molecule has 1 atom stereocenters. The number of aryl methyl sites for hydroxylation is 2. The number of aliphatic hydroxyl groups is 1. The van der Waals surface area contributed by atoms with Gasteiger partial charge < -0.3 is 9.84 Å². The highest BCUT2D eigenvalue weighted by molar-refractivity contribution is 5.41. The first kappa shape index (κ1) is 13.2. The molecule has 0 saturated heterocycles. The van der Waals surface area contributed by atoms with Crippen molar-refractivity contribution in [2.45, 2.75) is 32.8 Å². The molecule has 0 aliphatic carbocycles. The fraction of sp³-hybridized carbons (Fsp3) is 0.333. The maximum Gasteiger partial charge on any atom is 0.122 e. The fourth-order valence-electron chi connectivity index (χ4n) is 2.76. The minimum absolute atomic E-state index is 0.457. The van der Waals surface area contributed by atoms with Crippen molar-refractivity contribution in [2.75, 3.05) is 6.61 Å². The average molecular weight is 268 g/mol. The average Bonchev–Trinajstić information content (AvgIpc) is 2.90. The summed E-state index contributed by atoms with van der Waals surface area (Å²) in [6, 6.07) is 12.4. The van der Waals surface area contributed by atoms with Crippen LogP contribution in [0.15, 0.2) is 36.4 Å². The van der Waals surface area contributed by atoms with E-state index in [4.69, 9.17) is 4.74 Å². The third-order valence-corrected chi connectivity index (χ3v) is 4.02. The van der Waals surface area contributed by atoms with E-state index in [1.807, 2.05) is 12.1 Å². The first-order chi connectivity index (χ1) is 9.63. The Kier molecular flexibility index (Phi) is 3.49. The number of hydrogen-bond donors (Lipinski definition) is 1. The second-order valence-electron chi connectivity index (χ2n) is 5.62. The van der Waals surface area contributed by atoms with E-state index in [0.29, 0.717) is 6.42 Å². The quantitative estimate of drug-likeness (QED) is 0.923. The number of hydrogen-bond acceptors (Lipinski definition) is 2. The molecule has 2 aromatic carbocycles. The summed E-state index contributed by atoms with van der Waals surface area (Å²) in [5.74, 6) is 0.965. The van der Waals surface area contributed by atoms with E-state index in [1.165, 1.54) is 22.3 Å². The summed E-state index contributed by atoms with van der Waals surface area (Å²) < 4.78 is 5.50. The Labute approximate surface area is 120 Å². The van der Waals surface area contributed by atoms with Crippen LogP contribution < -0.4 is 4.74 Å². The Hall–Kier alpha value is -1.80. The summed E-state index contributed by atoms with van der Waals surface area (Å²) in [5.41, 5.74) is 5.88. The van der Waals surface area contributed by atoms with Crippen molar-refractivity contribution in [3.63, 3.8) is 0 Å². The van der Waals surface area contributed by atoms with Crippen LogP contribution in [-0.4, -0.2) is 11.7 Å². The van der Waals surface area contributed by atoms with Crippen LogP contribution in [0.25, 0.3) is 0 Å². The van der Waals surface area contributed by atoms with Crippen LogP contribution in [0.4, 0.5) is 0 Å². The number of fused-ring (bicyclic) bond motifs is 1. The molecule has 0 aromatic heterocycles. The molecule has 1 aliphatic heterocycles. The first-order valence-electron chi connectivity index (χ1n) is 7.13. The lowest BCUT2D eigenvalue weighted by molar-refractivity contribution is 0.178. The standard InChI is InChI=1S/C18H20O2/c1-12-3-4-13(2)16(9-12)11-17(19)14-5-6-18-15(10-14)7-8-20-18/h3-6,9-10,17,19H,7-8,11H2,1-2H3. The topological polar surface area (TPSA) is 29.5 Å². The van der Waals surface area contributed by atoms with E-state index < -0.39 is 6.10 Å². The van der Waals surface area contributed by atoms with Crippen LogP contribution in [0.3, 0.4) is 0 Å². The maximum atomic E-state index is 10.5. The Morgan fingerprint density at radius 1 is 1.15 bits per heavy atom. The van der Waals surface area contributed by atoms with Gasteiger partial charge in [-0.25, -0.2) is 0 Å². The molecule has 20 heavy (non-hydrogen) atoms. The lowest BCUT2D eigenvalue weighted by Gasteiger charge is -2.14. The molecule has 1 N–H and O–H groups in total. The second-order valence-corrected chi connectivity index (χ2v) is 5.62. The zero-order chi connectivity index (χ0) is 14.1. The minimum Gasteiger partial charge on any atom is -0.493 e. The predicted molar refractivity (Wildman–Crippen MR) is 80.2 cm³/mol. The van der Waals surface area contributed by atoms with Crippen molar-refractivity contribution < 1.29 is 9.84 Å². The predicted octanol–water partition coefficient (Wildman–Crippen LogP) is 3.51. The number of ether oxygens (including phenoxy) is 1. The van der Waals surface area contributed by atoms with E-state index in [9.17, 15) is 5.11 Å². The van der Waals surface area contributed by atoms with E-state index >= 15 is 0 Å². The summed E-state index contributed by atoms with van der Waals surface area (Å²) in [6.07, 6.45) is 1.15. The summed E-state index contributed by atoms with van der Waals surface area (Å²) in [6.45, 7) is 4.94. The van der Waals surface area contributed by atoms with Gasteiger partial charge in [-0.05, 0) is 48.2 Å². The molecule has 0 spiro atoms. The second kappa shape index (κ2) is 5.29. The monoisotopic (exact) mass is 268 g/mol. The third-order valence-electron chi connectivity index (χ3n) is 4.02. The Bertz CT molecular complexity index is 631. The molecule has 1 heterocycles. The van der Waals surface area contributed by atoms with Crippen LogP contribution in [0.2, 0.25) is 0 Å². The highest BCUT2D eigenvalue weighted by atomic mass is 16.5. The SMILES string of the molecule is Cc1ccc(C)c(CC(O)c2ccc3c(c2)CCO3)c1. The van der Waals surface area contributed by atoms with Gasteiger partial charge in [-0.15, -0.1) is 0 Å². The van der Waals surface area contributed by atoms with Gasteiger partial charge in [0.05, 0.1) is 12.7 Å². The number of rotatable bonds is 3. The molecule has 0 amide bonds. The van der Waals surface area contributed by atoms with Gasteiger partial charge in [-0.3, -0.25) is 0 Å². The molecule has 3 rings (SSSR count). The molecule has 2 aromatic rings. The molecule has 104 valence electrons. The lowest BCUT2D eigenvalue weighted by atomic mass is 9.95. The van der Waals surface area contributed by atoms with Gasteiger partial charge in [0.15, 0.2) is 0 Å². The molecule has 1 unspecified atom stereocenters. The largest absolute Gasteiger partial charge is 0.493 e. The van der Waals surface area contributed by atoms with Gasteiger partial charge in [0, 0.05) is 12.8 Å². The van der Waals surface area contributed by atoms with Crippen molar-refractivity contribution in [2.24, 2.45) is 0 Å². The van der Waals surface area contributed by atoms with Crippen molar-refractivity contribution in [1.29, 1.82) is 0 Å². The van der Waals surface area contributed by atoms with Gasteiger partial charge >= 0.3 is 0 Å². The number of benzene rings is 2. The first-order valence-corrected chi connectivity index (χ1v) is 7.13.